The fourth-order valence-electron chi connectivity index (χ4n) is 1.75. The minimum atomic E-state index is -0.328. The number of hydrogen-bond acceptors (Lipinski definition) is 5. The summed E-state index contributed by atoms with van der Waals surface area (Å²) in [5, 5.41) is 12.7. The number of hydrogen-bond donors (Lipinski definition) is 2. The maximum atomic E-state index is 9.51. The highest BCUT2D eigenvalue weighted by Crippen LogP contribution is 2.34. The lowest BCUT2D eigenvalue weighted by molar-refractivity contribution is 0.167. The number of aliphatic hydroxyl groups excluding tert-OH is 1. The quantitative estimate of drug-likeness (QED) is 0.750. The minimum absolute atomic E-state index is 0.328. The lowest BCUT2D eigenvalue weighted by Crippen LogP contribution is -2.25. The molecule has 0 saturated heterocycles. The fraction of sp³-hybridized carbons (Fsp3) is 0.571. The van der Waals surface area contributed by atoms with Crippen molar-refractivity contribution in [1.82, 2.24) is 5.32 Å². The maximum absolute atomic E-state index is 9.51. The molecule has 1 unspecified atom stereocenters. The van der Waals surface area contributed by atoms with Crippen LogP contribution in [0, 0.1) is 0 Å². The molecule has 0 fully saturated rings. The molecule has 1 aromatic carbocycles. The molecule has 0 bridgehead atoms. The van der Waals surface area contributed by atoms with Crippen molar-refractivity contribution < 1.29 is 19.3 Å². The van der Waals surface area contributed by atoms with E-state index < -0.39 is 0 Å². The van der Waals surface area contributed by atoms with Crippen LogP contribution in [0.15, 0.2) is 12.1 Å². The summed E-state index contributed by atoms with van der Waals surface area (Å²) in [4.78, 5) is 0. The summed E-state index contributed by atoms with van der Waals surface area (Å²) < 4.78 is 15.8. The summed E-state index contributed by atoms with van der Waals surface area (Å²) in [6, 6.07) is 3.68. The molecule has 0 aliphatic heterocycles. The van der Waals surface area contributed by atoms with Crippen molar-refractivity contribution in [2.24, 2.45) is 0 Å². The zero-order valence-electron chi connectivity index (χ0n) is 12.0. The second kappa shape index (κ2) is 7.86. The van der Waals surface area contributed by atoms with Crippen LogP contribution in [0.1, 0.15) is 18.9 Å². The number of methoxy groups -OCH3 is 3. The van der Waals surface area contributed by atoms with Gasteiger partial charge in [-0.2, -0.15) is 0 Å². The molecular formula is C14H23NO4. The third-order valence-electron chi connectivity index (χ3n) is 2.95. The minimum Gasteiger partial charge on any atom is -0.496 e. The first kappa shape index (κ1) is 15.6. The molecule has 5 heteroatoms. The van der Waals surface area contributed by atoms with Crippen molar-refractivity contribution in [3.63, 3.8) is 0 Å². The van der Waals surface area contributed by atoms with Crippen molar-refractivity contribution in [2.45, 2.75) is 26.0 Å². The van der Waals surface area contributed by atoms with Gasteiger partial charge >= 0.3 is 0 Å². The van der Waals surface area contributed by atoms with E-state index in [1.54, 1.807) is 27.4 Å². The Balaban J connectivity index is 2.80. The SMILES string of the molecule is CCC(O)CNCc1cc(OC)c(OC)cc1OC. The molecule has 1 aromatic rings. The Hall–Kier alpha value is -1.46. The number of benzene rings is 1. The van der Waals surface area contributed by atoms with Gasteiger partial charge in [-0.05, 0) is 12.5 Å². The number of nitrogens with one attached hydrogen (secondary N) is 1. The highest BCUT2D eigenvalue weighted by atomic mass is 16.5. The molecule has 0 saturated carbocycles. The molecule has 0 spiro atoms. The predicted molar refractivity (Wildman–Crippen MR) is 74.1 cm³/mol. The van der Waals surface area contributed by atoms with Crippen LogP contribution < -0.4 is 19.5 Å². The summed E-state index contributed by atoms with van der Waals surface area (Å²) in [6.07, 6.45) is 0.405. The van der Waals surface area contributed by atoms with E-state index in [1.165, 1.54) is 0 Å². The van der Waals surface area contributed by atoms with Crippen molar-refractivity contribution >= 4 is 0 Å². The highest BCUT2D eigenvalue weighted by Gasteiger charge is 2.11. The van der Waals surface area contributed by atoms with Gasteiger partial charge in [-0.25, -0.2) is 0 Å². The van der Waals surface area contributed by atoms with Gasteiger partial charge in [0, 0.05) is 24.7 Å². The van der Waals surface area contributed by atoms with E-state index in [0.717, 1.165) is 17.7 Å². The lowest BCUT2D eigenvalue weighted by atomic mass is 10.1. The monoisotopic (exact) mass is 269 g/mol. The topological polar surface area (TPSA) is 60.0 Å². The van der Waals surface area contributed by atoms with Crippen LogP contribution >= 0.6 is 0 Å². The fourth-order valence-corrected chi connectivity index (χ4v) is 1.75. The molecule has 1 rings (SSSR count). The van der Waals surface area contributed by atoms with Gasteiger partial charge in [0.15, 0.2) is 11.5 Å². The second-order valence-electron chi connectivity index (χ2n) is 4.21. The Labute approximate surface area is 114 Å². The van der Waals surface area contributed by atoms with E-state index in [9.17, 15) is 5.11 Å². The molecule has 5 nitrogen and oxygen atoms in total. The van der Waals surface area contributed by atoms with Gasteiger partial charge in [-0.15, -0.1) is 0 Å². The number of ether oxygens (including phenoxy) is 3. The van der Waals surface area contributed by atoms with E-state index in [0.29, 0.717) is 24.6 Å². The van der Waals surface area contributed by atoms with Gasteiger partial charge < -0.3 is 24.6 Å². The van der Waals surface area contributed by atoms with Crippen LogP contribution in [-0.4, -0.2) is 39.1 Å². The molecule has 108 valence electrons. The number of aliphatic hydroxyl groups is 1. The van der Waals surface area contributed by atoms with E-state index in [-0.39, 0.29) is 6.10 Å². The normalized spacial score (nSPS) is 12.1. The molecule has 0 amide bonds. The van der Waals surface area contributed by atoms with Gasteiger partial charge in [-0.1, -0.05) is 6.92 Å². The largest absolute Gasteiger partial charge is 0.496 e. The Morgan fingerprint density at radius 1 is 1.05 bits per heavy atom. The van der Waals surface area contributed by atoms with E-state index in [1.807, 2.05) is 13.0 Å². The molecule has 0 aromatic heterocycles. The van der Waals surface area contributed by atoms with Crippen molar-refractivity contribution in [2.75, 3.05) is 27.9 Å². The van der Waals surface area contributed by atoms with Crippen LogP contribution in [0.4, 0.5) is 0 Å². The molecule has 0 aliphatic rings. The van der Waals surface area contributed by atoms with Crippen LogP contribution in [-0.2, 0) is 6.54 Å². The molecule has 1 atom stereocenters. The van der Waals surface area contributed by atoms with Gasteiger partial charge in [0.25, 0.3) is 0 Å². The Morgan fingerprint density at radius 2 is 1.63 bits per heavy atom. The van der Waals surface area contributed by atoms with E-state index in [2.05, 4.69) is 5.32 Å². The first-order valence-corrected chi connectivity index (χ1v) is 6.33. The van der Waals surface area contributed by atoms with Crippen molar-refractivity contribution in [3.8, 4) is 17.2 Å². The molecular weight excluding hydrogens is 246 g/mol. The molecule has 0 aliphatic carbocycles. The summed E-state index contributed by atoms with van der Waals surface area (Å²) in [5.41, 5.74) is 0.962. The predicted octanol–water partition coefficient (Wildman–Crippen LogP) is 1.57. The standard InChI is InChI=1S/C14H23NO4/c1-5-11(16)9-15-8-10-6-13(18-3)14(19-4)7-12(10)17-2/h6-7,11,15-16H,5,8-9H2,1-4H3. The van der Waals surface area contributed by atoms with Crippen LogP contribution in [0.3, 0.4) is 0 Å². The Kier molecular flexibility index (Phi) is 6.45. The third kappa shape index (κ3) is 4.29. The maximum Gasteiger partial charge on any atom is 0.164 e. The molecule has 2 N–H and O–H groups in total. The highest BCUT2D eigenvalue weighted by molar-refractivity contribution is 5.50. The van der Waals surface area contributed by atoms with E-state index >= 15 is 0 Å². The van der Waals surface area contributed by atoms with Gasteiger partial charge in [0.05, 0.1) is 27.4 Å². The smallest absolute Gasteiger partial charge is 0.164 e. The van der Waals surface area contributed by atoms with Gasteiger partial charge in [-0.3, -0.25) is 0 Å². The zero-order valence-corrected chi connectivity index (χ0v) is 12.0. The van der Waals surface area contributed by atoms with Gasteiger partial charge in [0.2, 0.25) is 0 Å². The summed E-state index contributed by atoms with van der Waals surface area (Å²) in [5.74, 6) is 2.03. The molecule has 19 heavy (non-hydrogen) atoms. The van der Waals surface area contributed by atoms with Crippen LogP contribution in [0.2, 0.25) is 0 Å². The summed E-state index contributed by atoms with van der Waals surface area (Å²) >= 11 is 0. The van der Waals surface area contributed by atoms with Crippen LogP contribution in [0.25, 0.3) is 0 Å². The Morgan fingerprint density at radius 3 is 2.16 bits per heavy atom. The first-order chi connectivity index (χ1) is 9.15. The van der Waals surface area contributed by atoms with Gasteiger partial charge in [0.1, 0.15) is 5.75 Å². The average Bonchev–Trinajstić information content (AvgIpc) is 2.46. The van der Waals surface area contributed by atoms with Crippen molar-refractivity contribution in [3.05, 3.63) is 17.7 Å². The van der Waals surface area contributed by atoms with Crippen LogP contribution in [0.5, 0.6) is 17.2 Å². The summed E-state index contributed by atoms with van der Waals surface area (Å²) in [7, 11) is 4.81. The zero-order chi connectivity index (χ0) is 14.3. The van der Waals surface area contributed by atoms with Crippen molar-refractivity contribution in [1.29, 1.82) is 0 Å². The third-order valence-corrected chi connectivity index (χ3v) is 2.95. The Bertz CT molecular complexity index is 395. The molecule has 0 radical (unpaired) electrons. The van der Waals surface area contributed by atoms with E-state index in [4.69, 9.17) is 14.2 Å². The lowest BCUT2D eigenvalue weighted by Gasteiger charge is -2.15. The summed E-state index contributed by atoms with van der Waals surface area (Å²) in [6.45, 7) is 3.10. The average molecular weight is 269 g/mol. The number of rotatable bonds is 8. The molecule has 0 heterocycles. The second-order valence-corrected chi connectivity index (χ2v) is 4.21. The first-order valence-electron chi connectivity index (χ1n) is 6.33.